The summed E-state index contributed by atoms with van der Waals surface area (Å²) >= 11 is 0. The Morgan fingerprint density at radius 2 is 0.953 bits per heavy atom. The van der Waals surface area contributed by atoms with Gasteiger partial charge in [-0.3, -0.25) is 0 Å². The Bertz CT molecular complexity index is 1330. The van der Waals surface area contributed by atoms with Crippen molar-refractivity contribution < 1.29 is 71.0 Å². The maximum absolute atomic E-state index is 15.0. The average Bonchev–Trinajstić information content (AvgIpc) is 2.92. The second kappa shape index (κ2) is 10.4. The van der Waals surface area contributed by atoms with Gasteiger partial charge in [0.15, 0.2) is 0 Å². The summed E-state index contributed by atoms with van der Waals surface area (Å²) in [6.07, 6.45) is -11.7. The van der Waals surface area contributed by atoms with Crippen molar-refractivity contribution in [3.05, 3.63) is 54.1 Å². The zero-order chi connectivity index (χ0) is 33.1. The van der Waals surface area contributed by atoms with Crippen LogP contribution < -0.4 is 0 Å². The lowest BCUT2D eigenvalue weighted by Gasteiger charge is -2.47. The fraction of sp³-hybridized carbons (Fsp3) is 0.500. The van der Waals surface area contributed by atoms with Gasteiger partial charge in [0.05, 0.1) is 6.07 Å². The molecule has 238 valence electrons. The minimum atomic E-state index is -8.39. The lowest BCUT2D eigenvalue weighted by Crippen LogP contribution is -2.74. The molecular formula is C26H18F15NO. The van der Waals surface area contributed by atoms with Gasteiger partial charge in [-0.1, -0.05) is 36.4 Å². The van der Waals surface area contributed by atoms with E-state index in [-0.39, 0.29) is 5.75 Å². The molecule has 0 atom stereocenters. The van der Waals surface area contributed by atoms with Gasteiger partial charge in [0.25, 0.3) is 0 Å². The van der Waals surface area contributed by atoms with Gasteiger partial charge in [-0.2, -0.15) is 71.1 Å². The predicted molar refractivity (Wildman–Crippen MR) is 119 cm³/mol. The molecule has 0 saturated heterocycles. The summed E-state index contributed by atoms with van der Waals surface area (Å²) in [5.74, 6) is -48.1. The van der Waals surface area contributed by atoms with E-state index in [1.807, 2.05) is 0 Å². The minimum Gasteiger partial charge on any atom is -0.508 e. The molecule has 0 aromatic heterocycles. The van der Waals surface area contributed by atoms with Gasteiger partial charge >= 0.3 is 41.7 Å². The molecule has 2 nitrogen and oxygen atoms in total. The van der Waals surface area contributed by atoms with Gasteiger partial charge in [0.2, 0.25) is 0 Å². The Morgan fingerprint density at radius 1 is 0.581 bits per heavy atom. The molecule has 3 rings (SSSR count). The summed E-state index contributed by atoms with van der Waals surface area (Å²) in [5, 5.41) is 18.7. The summed E-state index contributed by atoms with van der Waals surface area (Å²) in [4.78, 5) is 0. The van der Waals surface area contributed by atoms with Crippen molar-refractivity contribution in [1.29, 1.82) is 5.26 Å². The van der Waals surface area contributed by atoms with E-state index in [4.69, 9.17) is 0 Å². The molecule has 1 N–H and O–H groups in total. The number of phenols is 1. The first-order valence-corrected chi connectivity index (χ1v) is 12.0. The zero-order valence-corrected chi connectivity index (χ0v) is 21.1. The largest absolute Gasteiger partial charge is 0.508 e. The van der Waals surface area contributed by atoms with Gasteiger partial charge in [0.1, 0.15) is 11.2 Å². The molecule has 1 aliphatic rings. The maximum atomic E-state index is 15.0. The number of hydrogen-bond donors (Lipinski definition) is 1. The van der Waals surface area contributed by atoms with Crippen molar-refractivity contribution in [2.45, 2.75) is 73.3 Å². The summed E-state index contributed by atoms with van der Waals surface area (Å²) in [5.41, 5.74) is -2.31. The van der Waals surface area contributed by atoms with Crippen LogP contribution in [0.25, 0.3) is 11.1 Å². The van der Waals surface area contributed by atoms with Crippen LogP contribution in [-0.4, -0.2) is 46.8 Å². The number of halogens is 15. The first-order chi connectivity index (χ1) is 19.3. The van der Waals surface area contributed by atoms with Crippen molar-refractivity contribution in [1.82, 2.24) is 0 Å². The van der Waals surface area contributed by atoms with Gasteiger partial charge in [-0.15, -0.1) is 0 Å². The maximum Gasteiger partial charge on any atom is 0.460 e. The number of rotatable bonds is 8. The fourth-order valence-electron chi connectivity index (χ4n) is 4.81. The molecule has 0 amide bonds. The molecule has 43 heavy (non-hydrogen) atoms. The van der Waals surface area contributed by atoms with Crippen LogP contribution in [-0.2, 0) is 0 Å². The second-order valence-electron chi connectivity index (χ2n) is 10.1. The van der Waals surface area contributed by atoms with Crippen molar-refractivity contribution >= 4 is 0 Å². The van der Waals surface area contributed by atoms with E-state index >= 15 is 8.78 Å². The molecule has 1 saturated carbocycles. The molecule has 17 heteroatoms. The summed E-state index contributed by atoms with van der Waals surface area (Å²) in [6, 6.07) is 12.5. The molecule has 0 spiro atoms. The number of alkyl halides is 15. The number of phenolic OH excluding ortho intramolecular Hbond substituents is 1. The number of hydrogen-bond acceptors (Lipinski definition) is 2. The molecule has 2 aromatic rings. The predicted octanol–water partition coefficient (Wildman–Crippen LogP) is 9.60. The molecule has 1 aliphatic carbocycles. The van der Waals surface area contributed by atoms with Crippen molar-refractivity contribution in [2.75, 3.05) is 0 Å². The molecule has 0 aliphatic heterocycles. The van der Waals surface area contributed by atoms with E-state index in [1.54, 1.807) is 12.1 Å². The molecule has 2 aromatic carbocycles. The monoisotopic (exact) mass is 645 g/mol. The standard InChI is InChI=1S/C26H18F15NO/c27-20(28,21(29,30)22(31,32)23(33,34)24(35,36)25(37,38)26(39,40)41)19(13-42)11-9-17(10-12-19)15-3-1-14(2-4-15)16-5-7-18(43)8-6-16/h1-8,17,43H,9-12H2. The normalized spacial score (nSPS) is 21.4. The quantitative estimate of drug-likeness (QED) is 0.291. The topological polar surface area (TPSA) is 44.0 Å². The minimum absolute atomic E-state index is 0.0274. The molecular weight excluding hydrogens is 627 g/mol. The van der Waals surface area contributed by atoms with Crippen LogP contribution in [0.4, 0.5) is 65.9 Å². The van der Waals surface area contributed by atoms with Gasteiger partial charge in [-0.05, 0) is 60.4 Å². The van der Waals surface area contributed by atoms with E-state index in [2.05, 4.69) is 0 Å². The third-order valence-electron chi connectivity index (χ3n) is 7.56. The Hall–Kier alpha value is -3.32. The Balaban J connectivity index is 1.90. The smallest absolute Gasteiger partial charge is 0.460 e. The first kappa shape index (κ1) is 34.2. The van der Waals surface area contributed by atoms with Crippen LogP contribution in [0.15, 0.2) is 48.5 Å². The molecule has 0 bridgehead atoms. The fourth-order valence-corrected chi connectivity index (χ4v) is 4.81. The number of benzene rings is 2. The zero-order valence-electron chi connectivity index (χ0n) is 21.1. The SMILES string of the molecule is N#CC1(C(F)(F)C(F)(F)C(F)(F)C(F)(F)C(F)(F)C(F)(F)C(F)(F)F)CCC(c2ccc(-c3ccc(O)cc3)cc2)CC1. The van der Waals surface area contributed by atoms with E-state index in [9.17, 15) is 67.4 Å². The molecule has 1 fully saturated rings. The highest BCUT2D eigenvalue weighted by atomic mass is 19.4. The van der Waals surface area contributed by atoms with Crippen LogP contribution in [0.3, 0.4) is 0 Å². The third-order valence-corrected chi connectivity index (χ3v) is 7.56. The molecule has 0 radical (unpaired) electrons. The highest BCUT2D eigenvalue weighted by Crippen LogP contribution is 2.66. The molecule has 0 heterocycles. The van der Waals surface area contributed by atoms with Gasteiger partial charge in [0, 0.05) is 0 Å². The van der Waals surface area contributed by atoms with Gasteiger partial charge < -0.3 is 5.11 Å². The van der Waals surface area contributed by atoms with Crippen LogP contribution in [0, 0.1) is 16.7 Å². The van der Waals surface area contributed by atoms with E-state index in [0.717, 1.165) is 0 Å². The molecule has 0 unspecified atom stereocenters. The summed E-state index contributed by atoms with van der Waals surface area (Å²) in [6.45, 7) is 0. The van der Waals surface area contributed by atoms with E-state index in [1.165, 1.54) is 36.4 Å². The number of nitrogens with zero attached hydrogens (tertiary/aromatic N) is 1. The van der Waals surface area contributed by atoms with Crippen molar-refractivity contribution in [2.24, 2.45) is 5.41 Å². The highest BCUT2D eigenvalue weighted by molar-refractivity contribution is 5.64. The summed E-state index contributed by atoms with van der Waals surface area (Å²) in [7, 11) is 0. The second-order valence-corrected chi connectivity index (χ2v) is 10.1. The van der Waals surface area contributed by atoms with Crippen LogP contribution in [0.1, 0.15) is 37.2 Å². The van der Waals surface area contributed by atoms with Crippen molar-refractivity contribution in [3.63, 3.8) is 0 Å². The highest BCUT2D eigenvalue weighted by Gasteiger charge is 2.94. The Morgan fingerprint density at radius 3 is 1.35 bits per heavy atom. The van der Waals surface area contributed by atoms with Gasteiger partial charge in [-0.25, -0.2) is 0 Å². The van der Waals surface area contributed by atoms with Crippen LogP contribution in [0.2, 0.25) is 0 Å². The number of aromatic hydroxyl groups is 1. The average molecular weight is 645 g/mol. The Labute approximate surface area is 232 Å². The first-order valence-electron chi connectivity index (χ1n) is 12.0. The summed E-state index contributed by atoms with van der Waals surface area (Å²) < 4.78 is 205. The number of nitriles is 1. The lowest BCUT2D eigenvalue weighted by molar-refractivity contribution is -0.457. The van der Waals surface area contributed by atoms with Crippen molar-refractivity contribution in [3.8, 4) is 22.9 Å². The third kappa shape index (κ3) is 4.94. The van der Waals surface area contributed by atoms with E-state index in [0.29, 0.717) is 22.8 Å². The Kier molecular flexibility index (Phi) is 8.26. The van der Waals surface area contributed by atoms with Crippen LogP contribution in [0.5, 0.6) is 5.75 Å². The van der Waals surface area contributed by atoms with E-state index < -0.39 is 78.7 Å². The lowest BCUT2D eigenvalue weighted by atomic mass is 9.64. The van der Waals surface area contributed by atoms with Crippen LogP contribution >= 0.6 is 0 Å².